The monoisotopic (exact) mass is 460 g/mol. The standard InChI is InChI=1S/C22H28N4O5S/c1-2-31-19-11-10-18(14-20(19)32(29,30)26-12-4-3-5-13-26)25-21(27)17-8-6-16(7-9-17)15-24-22(23)28/h6-11,14H,2-5,12-13,15H2,1H3,(H,25,27)(H3,23,24,28). The van der Waals surface area contributed by atoms with E-state index in [1.54, 1.807) is 43.3 Å². The summed E-state index contributed by atoms with van der Waals surface area (Å²) in [6.07, 6.45) is 2.66. The average molecular weight is 461 g/mol. The quantitative estimate of drug-likeness (QED) is 0.557. The normalized spacial score (nSPS) is 14.5. The minimum atomic E-state index is -3.74. The highest BCUT2D eigenvalue weighted by Crippen LogP contribution is 2.31. The Hall–Kier alpha value is -3.11. The number of hydrogen-bond donors (Lipinski definition) is 3. The molecule has 0 aromatic heterocycles. The summed E-state index contributed by atoms with van der Waals surface area (Å²) in [5, 5.41) is 5.22. The van der Waals surface area contributed by atoms with E-state index in [1.165, 1.54) is 10.4 Å². The van der Waals surface area contributed by atoms with Gasteiger partial charge in [0.15, 0.2) is 0 Å². The second-order valence-corrected chi connectivity index (χ2v) is 9.33. The molecule has 0 unspecified atom stereocenters. The SMILES string of the molecule is CCOc1ccc(NC(=O)c2ccc(CNC(N)=O)cc2)cc1S(=O)(=O)N1CCCCC1. The van der Waals surface area contributed by atoms with Gasteiger partial charge in [0.25, 0.3) is 5.91 Å². The smallest absolute Gasteiger partial charge is 0.312 e. The number of primary amides is 1. The van der Waals surface area contributed by atoms with Crippen molar-refractivity contribution in [2.45, 2.75) is 37.6 Å². The molecule has 3 rings (SSSR count). The maximum atomic E-state index is 13.2. The maximum absolute atomic E-state index is 13.2. The van der Waals surface area contributed by atoms with Crippen LogP contribution in [0.2, 0.25) is 0 Å². The number of ether oxygens (including phenoxy) is 1. The van der Waals surface area contributed by atoms with Gasteiger partial charge in [-0.15, -0.1) is 0 Å². The molecule has 4 N–H and O–H groups in total. The molecule has 32 heavy (non-hydrogen) atoms. The van der Waals surface area contributed by atoms with Crippen LogP contribution in [0.15, 0.2) is 47.4 Å². The second kappa shape index (κ2) is 10.5. The number of benzene rings is 2. The van der Waals surface area contributed by atoms with Gasteiger partial charge in [-0.2, -0.15) is 4.31 Å². The summed E-state index contributed by atoms with van der Waals surface area (Å²) < 4.78 is 33.5. The van der Waals surface area contributed by atoms with Gasteiger partial charge in [0, 0.05) is 30.9 Å². The van der Waals surface area contributed by atoms with Crippen LogP contribution in [-0.2, 0) is 16.6 Å². The third-order valence-electron chi connectivity index (χ3n) is 5.12. The van der Waals surface area contributed by atoms with Crippen LogP contribution in [0.1, 0.15) is 42.1 Å². The van der Waals surface area contributed by atoms with E-state index in [-0.39, 0.29) is 23.1 Å². The maximum Gasteiger partial charge on any atom is 0.312 e. The van der Waals surface area contributed by atoms with Crippen molar-refractivity contribution in [2.24, 2.45) is 5.73 Å². The number of rotatable bonds is 8. The van der Waals surface area contributed by atoms with E-state index in [0.29, 0.717) is 30.9 Å². The Kier molecular flexibility index (Phi) is 7.70. The fraction of sp³-hybridized carbons (Fsp3) is 0.364. The molecule has 2 aromatic carbocycles. The van der Waals surface area contributed by atoms with Gasteiger partial charge in [0.05, 0.1) is 6.61 Å². The Morgan fingerprint density at radius 3 is 2.38 bits per heavy atom. The van der Waals surface area contributed by atoms with Crippen LogP contribution in [0.3, 0.4) is 0 Å². The molecule has 3 amide bonds. The number of carbonyl (C=O) groups is 2. The number of nitrogens with one attached hydrogen (secondary N) is 2. The lowest BCUT2D eigenvalue weighted by Crippen LogP contribution is -2.35. The van der Waals surface area contributed by atoms with Gasteiger partial charge >= 0.3 is 6.03 Å². The summed E-state index contributed by atoms with van der Waals surface area (Å²) in [6.45, 7) is 3.32. The Morgan fingerprint density at radius 1 is 1.06 bits per heavy atom. The Bertz CT molecular complexity index is 1060. The number of sulfonamides is 1. The van der Waals surface area contributed by atoms with Crippen LogP contribution in [0.25, 0.3) is 0 Å². The van der Waals surface area contributed by atoms with E-state index < -0.39 is 16.1 Å². The lowest BCUT2D eigenvalue weighted by molar-refractivity contribution is 0.102. The summed E-state index contributed by atoms with van der Waals surface area (Å²) >= 11 is 0. The van der Waals surface area contributed by atoms with Crippen LogP contribution in [-0.4, -0.2) is 44.4 Å². The van der Waals surface area contributed by atoms with Crippen molar-refractivity contribution in [3.63, 3.8) is 0 Å². The molecule has 1 fully saturated rings. The first kappa shape index (κ1) is 23.6. The Labute approximate surface area is 188 Å². The molecule has 0 bridgehead atoms. The molecular weight excluding hydrogens is 432 g/mol. The van der Waals surface area contributed by atoms with Crippen LogP contribution in [0, 0.1) is 0 Å². The molecular formula is C22H28N4O5S. The summed E-state index contributed by atoms with van der Waals surface area (Å²) in [4.78, 5) is 23.5. The molecule has 1 aliphatic rings. The molecule has 0 spiro atoms. The van der Waals surface area contributed by atoms with Gasteiger partial charge in [0.1, 0.15) is 10.6 Å². The van der Waals surface area contributed by atoms with Crippen molar-refractivity contribution in [1.29, 1.82) is 0 Å². The van der Waals surface area contributed by atoms with E-state index in [1.807, 2.05) is 0 Å². The van der Waals surface area contributed by atoms with Gasteiger partial charge in [-0.1, -0.05) is 18.6 Å². The highest BCUT2D eigenvalue weighted by molar-refractivity contribution is 7.89. The molecule has 1 saturated heterocycles. The van der Waals surface area contributed by atoms with Crippen LogP contribution in [0.4, 0.5) is 10.5 Å². The van der Waals surface area contributed by atoms with Gasteiger partial charge in [-0.25, -0.2) is 13.2 Å². The Morgan fingerprint density at radius 2 is 1.75 bits per heavy atom. The molecule has 0 radical (unpaired) electrons. The summed E-state index contributed by atoms with van der Waals surface area (Å²) in [5.74, 6) is -0.118. The number of urea groups is 1. The number of carbonyl (C=O) groups excluding carboxylic acids is 2. The molecule has 2 aromatic rings. The highest BCUT2D eigenvalue weighted by Gasteiger charge is 2.29. The third kappa shape index (κ3) is 5.77. The van der Waals surface area contributed by atoms with Crippen molar-refractivity contribution < 1.29 is 22.7 Å². The van der Waals surface area contributed by atoms with Crippen LogP contribution >= 0.6 is 0 Å². The molecule has 0 aliphatic carbocycles. The van der Waals surface area contributed by atoms with Crippen molar-refractivity contribution in [3.8, 4) is 5.75 Å². The summed E-state index contributed by atoms with van der Waals surface area (Å²) in [6, 6.07) is 10.6. The molecule has 9 nitrogen and oxygen atoms in total. The first-order chi connectivity index (χ1) is 15.3. The van der Waals surface area contributed by atoms with Crippen LogP contribution in [0.5, 0.6) is 5.75 Å². The lowest BCUT2D eigenvalue weighted by Gasteiger charge is -2.27. The zero-order valence-corrected chi connectivity index (χ0v) is 18.8. The van der Waals surface area contributed by atoms with Gasteiger partial charge in [0.2, 0.25) is 10.0 Å². The fourth-order valence-corrected chi connectivity index (χ4v) is 5.15. The molecule has 1 heterocycles. The van der Waals surface area contributed by atoms with Gasteiger partial charge < -0.3 is 21.1 Å². The van der Waals surface area contributed by atoms with E-state index in [2.05, 4.69) is 10.6 Å². The predicted octanol–water partition coefficient (Wildman–Crippen LogP) is 2.68. The largest absolute Gasteiger partial charge is 0.492 e. The second-order valence-electron chi connectivity index (χ2n) is 7.43. The highest BCUT2D eigenvalue weighted by atomic mass is 32.2. The number of nitrogens with two attached hydrogens (primary N) is 1. The minimum Gasteiger partial charge on any atom is -0.492 e. The number of amides is 3. The average Bonchev–Trinajstić information content (AvgIpc) is 2.79. The minimum absolute atomic E-state index is 0.0481. The molecule has 10 heteroatoms. The molecule has 0 atom stereocenters. The van der Waals surface area contributed by atoms with E-state index in [9.17, 15) is 18.0 Å². The fourth-order valence-electron chi connectivity index (χ4n) is 3.47. The van der Waals surface area contributed by atoms with E-state index in [0.717, 1.165) is 24.8 Å². The number of anilines is 1. The number of nitrogens with zero attached hydrogens (tertiary/aromatic N) is 1. The lowest BCUT2D eigenvalue weighted by atomic mass is 10.1. The van der Waals surface area contributed by atoms with E-state index in [4.69, 9.17) is 10.5 Å². The number of piperidine rings is 1. The molecule has 0 saturated carbocycles. The van der Waals surface area contributed by atoms with Crippen molar-refractivity contribution >= 4 is 27.6 Å². The van der Waals surface area contributed by atoms with Crippen molar-refractivity contribution in [2.75, 3.05) is 25.0 Å². The zero-order valence-electron chi connectivity index (χ0n) is 18.0. The summed E-state index contributed by atoms with van der Waals surface area (Å²) in [5.41, 5.74) is 6.59. The number of hydrogen-bond acceptors (Lipinski definition) is 5. The van der Waals surface area contributed by atoms with Crippen molar-refractivity contribution in [3.05, 3.63) is 53.6 Å². The zero-order chi connectivity index (χ0) is 23.1. The van der Waals surface area contributed by atoms with Gasteiger partial charge in [-0.05, 0) is 55.7 Å². The molecule has 1 aliphatic heterocycles. The Balaban J connectivity index is 1.80. The molecule has 172 valence electrons. The van der Waals surface area contributed by atoms with Crippen LogP contribution < -0.4 is 21.1 Å². The first-order valence-electron chi connectivity index (χ1n) is 10.5. The van der Waals surface area contributed by atoms with Crippen molar-refractivity contribution in [1.82, 2.24) is 9.62 Å². The third-order valence-corrected chi connectivity index (χ3v) is 7.04. The summed E-state index contributed by atoms with van der Waals surface area (Å²) in [7, 11) is -3.74. The predicted molar refractivity (Wildman–Crippen MR) is 121 cm³/mol. The van der Waals surface area contributed by atoms with Gasteiger partial charge in [-0.3, -0.25) is 4.79 Å². The first-order valence-corrected chi connectivity index (χ1v) is 12.0. The topological polar surface area (TPSA) is 131 Å². The van der Waals surface area contributed by atoms with E-state index >= 15 is 0 Å².